The minimum Gasteiger partial charge on any atom is -1.00 e. The fraction of sp³-hybridized carbons (Fsp3) is 0.857. The number of unbranched alkanes of at least 4 members (excludes halogenated alkanes) is 25. The van der Waals surface area contributed by atoms with Crippen molar-refractivity contribution in [2.24, 2.45) is 0 Å². The van der Waals surface area contributed by atoms with E-state index >= 15 is 0 Å². The molecule has 0 radical (unpaired) electrons. The summed E-state index contributed by atoms with van der Waals surface area (Å²) in [5.74, 6) is -0.488. The lowest BCUT2D eigenvalue weighted by atomic mass is 10.1. The van der Waals surface area contributed by atoms with E-state index in [4.69, 9.17) is 14.2 Å². The molecule has 65 heavy (non-hydrogen) atoms. The molecule has 9 heteroatoms. The second-order valence-corrected chi connectivity index (χ2v) is 19.5. The van der Waals surface area contributed by atoms with Crippen molar-refractivity contribution in [3.63, 3.8) is 0 Å². The number of halogens is 1. The van der Waals surface area contributed by atoms with Crippen LogP contribution >= 0.6 is 0 Å². The second-order valence-electron chi connectivity index (χ2n) is 19.5. The number of nitrogens with zero attached hydrogens (tertiary/aromatic N) is 1. The van der Waals surface area contributed by atoms with Gasteiger partial charge in [0.1, 0.15) is 30.0 Å². The highest BCUT2D eigenvalue weighted by atomic mass is 79.9. The molecule has 0 aliphatic carbocycles. The molecule has 0 aliphatic rings. The number of allylic oxidation sites excluding steroid dienone is 4. The third-order valence-electron chi connectivity index (χ3n) is 12.3. The van der Waals surface area contributed by atoms with Crippen molar-refractivity contribution in [2.75, 3.05) is 53.6 Å². The van der Waals surface area contributed by atoms with Gasteiger partial charge in [-0.1, -0.05) is 154 Å². The van der Waals surface area contributed by atoms with Crippen molar-refractivity contribution in [2.45, 2.75) is 258 Å². The van der Waals surface area contributed by atoms with Crippen molar-refractivity contribution in [1.82, 2.24) is 0 Å². The molecule has 0 N–H and O–H groups in total. The predicted molar refractivity (Wildman–Crippen MR) is 270 cm³/mol. The third-order valence-corrected chi connectivity index (χ3v) is 12.3. The number of quaternary nitrogens is 1. The summed E-state index contributed by atoms with van der Waals surface area (Å²) in [4.78, 5) is 47.4. The Kier molecular flexibility index (Phi) is 50.5. The van der Waals surface area contributed by atoms with Crippen molar-refractivity contribution >= 4 is 23.3 Å². The highest BCUT2D eigenvalue weighted by Crippen LogP contribution is 2.14. The number of hydrogen-bond donors (Lipinski definition) is 0. The molecule has 0 amide bonds. The Balaban J connectivity index is 0. The first-order valence-corrected chi connectivity index (χ1v) is 27.1. The van der Waals surface area contributed by atoms with Gasteiger partial charge in [-0.15, -0.1) is 0 Å². The first-order valence-electron chi connectivity index (χ1n) is 27.1. The molecule has 1 unspecified atom stereocenters. The summed E-state index contributed by atoms with van der Waals surface area (Å²) < 4.78 is 18.8. The lowest BCUT2D eigenvalue weighted by molar-refractivity contribution is -0.893. The van der Waals surface area contributed by atoms with Gasteiger partial charge < -0.3 is 40.5 Å². The van der Waals surface area contributed by atoms with Gasteiger partial charge in [0.05, 0.1) is 33.9 Å². The second kappa shape index (κ2) is 50.2. The summed E-state index contributed by atoms with van der Waals surface area (Å²) in [5, 5.41) is 0. The predicted octanol–water partition coefficient (Wildman–Crippen LogP) is 11.9. The van der Waals surface area contributed by atoms with E-state index in [2.05, 4.69) is 52.2 Å². The largest absolute Gasteiger partial charge is 1.00 e. The maximum atomic E-state index is 12.4. The zero-order chi connectivity index (χ0) is 47.0. The van der Waals surface area contributed by atoms with E-state index in [0.717, 1.165) is 56.5 Å². The monoisotopic (exact) mass is 982 g/mol. The molecule has 0 saturated heterocycles. The van der Waals surface area contributed by atoms with Gasteiger partial charge in [0.15, 0.2) is 0 Å². The zero-order valence-electron chi connectivity index (χ0n) is 43.3. The third kappa shape index (κ3) is 51.6. The van der Waals surface area contributed by atoms with Crippen LogP contribution in [0.3, 0.4) is 0 Å². The quantitative estimate of drug-likeness (QED) is 0.0259. The lowest BCUT2D eigenvalue weighted by Gasteiger charge is -2.33. The molecule has 0 saturated carbocycles. The molecule has 8 nitrogen and oxygen atoms in total. The summed E-state index contributed by atoms with van der Waals surface area (Å²) in [6.07, 6.45) is 48.8. The van der Waals surface area contributed by atoms with Crippen LogP contribution in [0.2, 0.25) is 0 Å². The smallest absolute Gasteiger partial charge is 0.305 e. The van der Waals surface area contributed by atoms with Crippen molar-refractivity contribution in [1.29, 1.82) is 0 Å². The minimum absolute atomic E-state index is 0. The number of carbonyl (C=O) groups is 4. The zero-order valence-corrected chi connectivity index (χ0v) is 44.9. The lowest BCUT2D eigenvalue weighted by Crippen LogP contribution is -3.00. The molecule has 0 spiro atoms. The van der Waals surface area contributed by atoms with E-state index in [9.17, 15) is 19.2 Å². The maximum Gasteiger partial charge on any atom is 0.305 e. The normalized spacial score (nSPS) is 12.3. The minimum atomic E-state index is -0.285. The van der Waals surface area contributed by atoms with Crippen LogP contribution in [0, 0.1) is 0 Å². The van der Waals surface area contributed by atoms with E-state index < -0.39 is 0 Å². The molecule has 0 aliphatic heterocycles. The Hall–Kier alpha value is -1.68. The number of ketones is 3. The summed E-state index contributed by atoms with van der Waals surface area (Å²) in [6.45, 7) is 10.0. The van der Waals surface area contributed by atoms with Crippen LogP contribution in [0.1, 0.15) is 252 Å². The SMILES string of the molecule is CCCCCCCCC=CCCCCCCCCOCC(C[N+](C)(C)CCCCC(=O)OCCC(=O)CCC(=O)CCC(C)=O)OCCCCCCCCC=CCCCCCCCC.[Br-]. The van der Waals surface area contributed by atoms with Gasteiger partial charge >= 0.3 is 5.97 Å². The summed E-state index contributed by atoms with van der Waals surface area (Å²) in [6, 6.07) is 0. The first kappa shape index (κ1) is 65.4. The molecule has 0 aromatic carbocycles. The average molecular weight is 983 g/mol. The van der Waals surface area contributed by atoms with Gasteiger partial charge in [0.2, 0.25) is 0 Å². The number of ether oxygens (including phenoxy) is 3. The molecule has 0 aromatic rings. The van der Waals surface area contributed by atoms with Gasteiger partial charge in [-0.05, 0) is 84.0 Å². The number of Topliss-reactive ketones (excluding diaryl/α,β-unsaturated/α-hetero) is 3. The van der Waals surface area contributed by atoms with Crippen molar-refractivity contribution in [3.05, 3.63) is 24.3 Å². The topological polar surface area (TPSA) is 96.0 Å². The van der Waals surface area contributed by atoms with Crippen LogP contribution in [0.5, 0.6) is 0 Å². The maximum absolute atomic E-state index is 12.4. The molecule has 0 aromatic heterocycles. The van der Waals surface area contributed by atoms with E-state index in [1.807, 2.05) is 0 Å². The van der Waals surface area contributed by atoms with Crippen LogP contribution in [0.4, 0.5) is 0 Å². The Morgan fingerprint density at radius 1 is 0.462 bits per heavy atom. The van der Waals surface area contributed by atoms with Crippen LogP contribution in [-0.2, 0) is 33.4 Å². The molecule has 0 bridgehead atoms. The Morgan fingerprint density at radius 2 is 0.877 bits per heavy atom. The van der Waals surface area contributed by atoms with E-state index in [0.29, 0.717) is 13.0 Å². The number of hydrogen-bond acceptors (Lipinski definition) is 7. The van der Waals surface area contributed by atoms with Crippen LogP contribution in [0.15, 0.2) is 24.3 Å². The standard InChI is InChI=1S/C56H104NO7.BrH/c1-6-8-10-12-14-16-18-20-22-24-26-28-30-32-34-38-47-62-51-55(63-48-39-35-33-31-29-27-25-23-21-19-17-15-13-11-9-7-2)50-57(4,5)46-37-36-40-56(61)64-49-45-54(60)44-43-53(59)42-41-52(3)58;/h20-23,55H,6-19,24-51H2,1-5H3;1H/q+1;/p-1. The number of carbonyl (C=O) groups excluding carboxylic acids is 4. The van der Waals surface area contributed by atoms with Gasteiger partial charge in [-0.25, -0.2) is 0 Å². The molecule has 382 valence electrons. The number of likely N-dealkylation sites (N-methyl/N-ethyl adjacent to an activating group) is 1. The van der Waals surface area contributed by atoms with Crippen LogP contribution < -0.4 is 17.0 Å². The van der Waals surface area contributed by atoms with E-state index in [1.165, 1.54) is 174 Å². The Labute approximate surface area is 412 Å². The fourth-order valence-corrected chi connectivity index (χ4v) is 8.07. The molecular formula is C56H104BrNO7. The first-order chi connectivity index (χ1) is 31.1. The summed E-state index contributed by atoms with van der Waals surface area (Å²) in [5.41, 5.74) is 0. The molecule has 1 atom stereocenters. The van der Waals surface area contributed by atoms with Gasteiger partial charge in [0.25, 0.3) is 0 Å². The molecule has 0 fully saturated rings. The van der Waals surface area contributed by atoms with Crippen molar-refractivity contribution < 1.29 is 54.9 Å². The molecule has 0 heterocycles. The summed E-state index contributed by atoms with van der Waals surface area (Å²) in [7, 11) is 4.47. The summed E-state index contributed by atoms with van der Waals surface area (Å²) >= 11 is 0. The Morgan fingerprint density at radius 3 is 1.35 bits per heavy atom. The highest BCUT2D eigenvalue weighted by molar-refractivity contribution is 5.88. The van der Waals surface area contributed by atoms with E-state index in [1.54, 1.807) is 0 Å². The Bertz CT molecular complexity index is 1160. The van der Waals surface area contributed by atoms with Crippen molar-refractivity contribution in [3.8, 4) is 0 Å². The van der Waals surface area contributed by atoms with Gasteiger partial charge in [-0.2, -0.15) is 0 Å². The molecule has 0 rings (SSSR count). The van der Waals surface area contributed by atoms with Crippen LogP contribution in [0.25, 0.3) is 0 Å². The highest BCUT2D eigenvalue weighted by Gasteiger charge is 2.23. The molecular weight excluding hydrogens is 879 g/mol. The average Bonchev–Trinajstić information content (AvgIpc) is 3.26. The number of esters is 1. The van der Waals surface area contributed by atoms with E-state index in [-0.39, 0.29) is 85.1 Å². The van der Waals surface area contributed by atoms with Gasteiger partial charge in [0, 0.05) is 51.7 Å². The van der Waals surface area contributed by atoms with Crippen LogP contribution in [-0.4, -0.2) is 87.5 Å². The fourth-order valence-electron chi connectivity index (χ4n) is 8.07. The number of rotatable bonds is 51. The van der Waals surface area contributed by atoms with Gasteiger partial charge in [-0.3, -0.25) is 14.4 Å².